The van der Waals surface area contributed by atoms with E-state index in [2.05, 4.69) is 10.3 Å². The molecule has 22 heavy (non-hydrogen) atoms. The van der Waals surface area contributed by atoms with E-state index in [-0.39, 0.29) is 11.8 Å². The van der Waals surface area contributed by atoms with Gasteiger partial charge in [0.1, 0.15) is 4.88 Å². The molecule has 0 unspecified atom stereocenters. The van der Waals surface area contributed by atoms with E-state index in [1.807, 2.05) is 26.0 Å². The fourth-order valence-electron chi connectivity index (χ4n) is 1.97. The maximum absolute atomic E-state index is 12.2. The van der Waals surface area contributed by atoms with Crippen LogP contribution >= 0.6 is 11.3 Å². The molecule has 0 saturated carbocycles. The Kier molecular flexibility index (Phi) is 4.92. The van der Waals surface area contributed by atoms with Gasteiger partial charge in [-0.05, 0) is 31.5 Å². The van der Waals surface area contributed by atoms with Crippen LogP contribution in [0.25, 0.3) is 0 Å². The average molecular weight is 317 g/mol. The maximum Gasteiger partial charge on any atom is 0.267 e. The van der Waals surface area contributed by atoms with E-state index in [0.717, 1.165) is 16.3 Å². The summed E-state index contributed by atoms with van der Waals surface area (Å²) < 4.78 is 0. The molecule has 1 aromatic heterocycles. The van der Waals surface area contributed by atoms with Gasteiger partial charge in [-0.25, -0.2) is 4.98 Å². The smallest absolute Gasteiger partial charge is 0.267 e. The number of aryl methyl sites for hydroxylation is 2. The average Bonchev–Trinajstić information content (AvgIpc) is 2.79. The van der Waals surface area contributed by atoms with E-state index in [0.29, 0.717) is 17.0 Å². The molecule has 2 amide bonds. The van der Waals surface area contributed by atoms with Gasteiger partial charge in [-0.2, -0.15) is 0 Å². The van der Waals surface area contributed by atoms with Crippen LogP contribution in [0.3, 0.4) is 0 Å². The van der Waals surface area contributed by atoms with Crippen LogP contribution in [0.4, 0.5) is 5.69 Å². The van der Waals surface area contributed by atoms with Gasteiger partial charge in [-0.15, -0.1) is 11.3 Å². The molecule has 0 aliphatic heterocycles. The third-order valence-electron chi connectivity index (χ3n) is 3.18. The van der Waals surface area contributed by atoms with Crippen molar-refractivity contribution in [2.24, 2.45) is 0 Å². The van der Waals surface area contributed by atoms with Crippen LogP contribution in [0, 0.1) is 13.8 Å². The minimum absolute atomic E-state index is 0.0487. The second kappa shape index (κ2) is 6.70. The van der Waals surface area contributed by atoms with Crippen molar-refractivity contribution in [2.45, 2.75) is 20.3 Å². The number of carbonyl (C=O) groups excluding carboxylic acids is 2. The highest BCUT2D eigenvalue weighted by molar-refractivity contribution is 7.13. The number of likely N-dealkylation sites (N-methyl/N-ethyl adjacent to an activating group) is 1. The first-order valence-corrected chi connectivity index (χ1v) is 7.73. The molecule has 0 spiro atoms. The van der Waals surface area contributed by atoms with E-state index >= 15 is 0 Å². The Hall–Kier alpha value is -2.21. The molecule has 0 radical (unpaired) electrons. The van der Waals surface area contributed by atoms with E-state index < -0.39 is 0 Å². The molecule has 1 heterocycles. The number of amides is 2. The molecule has 0 fully saturated rings. The summed E-state index contributed by atoms with van der Waals surface area (Å²) in [5, 5.41) is 3.73. The molecule has 0 aliphatic rings. The summed E-state index contributed by atoms with van der Waals surface area (Å²) in [5.74, 6) is -0.104. The lowest BCUT2D eigenvalue weighted by molar-refractivity contribution is -0.127. The van der Waals surface area contributed by atoms with Gasteiger partial charge >= 0.3 is 0 Å². The lowest BCUT2D eigenvalue weighted by Crippen LogP contribution is -2.23. The first-order chi connectivity index (χ1) is 10.4. The van der Waals surface area contributed by atoms with Gasteiger partial charge in [0.2, 0.25) is 5.91 Å². The Bertz CT molecular complexity index is 690. The lowest BCUT2D eigenvalue weighted by Gasteiger charge is -2.10. The van der Waals surface area contributed by atoms with E-state index in [1.165, 1.54) is 11.3 Å². The molecule has 2 aromatic rings. The summed E-state index contributed by atoms with van der Waals surface area (Å²) in [6, 6.07) is 7.31. The van der Waals surface area contributed by atoms with Crippen LogP contribution < -0.4 is 5.32 Å². The number of hydrogen-bond acceptors (Lipinski definition) is 4. The van der Waals surface area contributed by atoms with Crippen molar-refractivity contribution in [3.63, 3.8) is 0 Å². The number of carbonyl (C=O) groups is 2. The molecule has 0 bridgehead atoms. The Morgan fingerprint density at radius 3 is 2.32 bits per heavy atom. The molecular weight excluding hydrogens is 298 g/mol. The Morgan fingerprint density at radius 1 is 1.18 bits per heavy atom. The van der Waals surface area contributed by atoms with Crippen LogP contribution in [0.1, 0.15) is 25.9 Å². The Labute approximate surface area is 134 Å². The summed E-state index contributed by atoms with van der Waals surface area (Å²) in [5.41, 5.74) is 2.37. The zero-order valence-corrected chi connectivity index (χ0v) is 14.0. The number of rotatable bonds is 4. The van der Waals surface area contributed by atoms with Crippen LogP contribution in [-0.2, 0) is 11.2 Å². The summed E-state index contributed by atoms with van der Waals surface area (Å²) in [6.45, 7) is 3.71. The van der Waals surface area contributed by atoms with Gasteiger partial charge in [0.05, 0.1) is 17.1 Å². The molecule has 2 rings (SSSR count). The Balaban J connectivity index is 2.03. The first kappa shape index (κ1) is 16.2. The SMILES string of the molecule is Cc1nc(C)c(C(=O)Nc2ccc(CC(=O)N(C)C)cc2)s1. The minimum Gasteiger partial charge on any atom is -0.349 e. The molecule has 6 heteroatoms. The van der Waals surface area contributed by atoms with Crippen molar-refractivity contribution in [2.75, 3.05) is 19.4 Å². The lowest BCUT2D eigenvalue weighted by atomic mass is 10.1. The molecular formula is C16H19N3O2S. The second-order valence-corrected chi connectivity index (χ2v) is 6.47. The molecule has 0 atom stereocenters. The highest BCUT2D eigenvalue weighted by Gasteiger charge is 2.14. The van der Waals surface area contributed by atoms with E-state index in [4.69, 9.17) is 0 Å². The molecule has 0 saturated heterocycles. The largest absolute Gasteiger partial charge is 0.349 e. The molecule has 1 N–H and O–H groups in total. The molecule has 116 valence electrons. The van der Waals surface area contributed by atoms with Crippen molar-refractivity contribution in [3.05, 3.63) is 45.4 Å². The van der Waals surface area contributed by atoms with Gasteiger partial charge in [0.25, 0.3) is 5.91 Å². The van der Waals surface area contributed by atoms with Gasteiger partial charge in [0, 0.05) is 19.8 Å². The summed E-state index contributed by atoms with van der Waals surface area (Å²) in [6.07, 6.45) is 0.356. The zero-order chi connectivity index (χ0) is 16.3. The predicted molar refractivity (Wildman–Crippen MR) is 88.4 cm³/mol. The highest BCUT2D eigenvalue weighted by atomic mass is 32.1. The van der Waals surface area contributed by atoms with Crippen molar-refractivity contribution < 1.29 is 9.59 Å². The number of nitrogens with one attached hydrogen (secondary N) is 1. The fourth-order valence-corrected chi connectivity index (χ4v) is 2.78. The van der Waals surface area contributed by atoms with Crippen LogP contribution in [0.15, 0.2) is 24.3 Å². The van der Waals surface area contributed by atoms with Crippen LogP contribution in [-0.4, -0.2) is 35.8 Å². The maximum atomic E-state index is 12.2. The monoisotopic (exact) mass is 317 g/mol. The number of thiazole rings is 1. The number of hydrogen-bond donors (Lipinski definition) is 1. The van der Waals surface area contributed by atoms with Crippen molar-refractivity contribution in [1.82, 2.24) is 9.88 Å². The summed E-state index contributed by atoms with van der Waals surface area (Å²) in [4.78, 5) is 30.3. The van der Waals surface area contributed by atoms with E-state index in [9.17, 15) is 9.59 Å². The molecule has 5 nitrogen and oxygen atoms in total. The number of aromatic nitrogens is 1. The summed E-state index contributed by atoms with van der Waals surface area (Å²) in [7, 11) is 3.46. The summed E-state index contributed by atoms with van der Waals surface area (Å²) >= 11 is 1.38. The van der Waals surface area contributed by atoms with Gasteiger partial charge in [-0.3, -0.25) is 9.59 Å². The highest BCUT2D eigenvalue weighted by Crippen LogP contribution is 2.19. The number of nitrogens with zero attached hydrogens (tertiary/aromatic N) is 2. The topological polar surface area (TPSA) is 62.3 Å². The minimum atomic E-state index is -0.153. The quantitative estimate of drug-likeness (QED) is 0.943. The second-order valence-electron chi connectivity index (χ2n) is 5.26. The Morgan fingerprint density at radius 2 is 1.82 bits per heavy atom. The van der Waals surface area contributed by atoms with E-state index in [1.54, 1.807) is 31.1 Å². The molecule has 1 aromatic carbocycles. The molecule has 0 aliphatic carbocycles. The number of anilines is 1. The van der Waals surface area contributed by atoms with Crippen molar-refractivity contribution in [3.8, 4) is 0 Å². The van der Waals surface area contributed by atoms with Crippen molar-refractivity contribution in [1.29, 1.82) is 0 Å². The van der Waals surface area contributed by atoms with Crippen LogP contribution in [0.5, 0.6) is 0 Å². The van der Waals surface area contributed by atoms with Gasteiger partial charge < -0.3 is 10.2 Å². The standard InChI is InChI=1S/C16H19N3O2S/c1-10-15(22-11(2)17-10)16(21)18-13-7-5-12(6-8-13)9-14(20)19(3)4/h5-8H,9H2,1-4H3,(H,18,21). The van der Waals surface area contributed by atoms with Crippen LogP contribution in [0.2, 0.25) is 0 Å². The fraction of sp³-hybridized carbons (Fsp3) is 0.312. The third-order valence-corrected chi connectivity index (χ3v) is 4.25. The van der Waals surface area contributed by atoms with Gasteiger partial charge in [0.15, 0.2) is 0 Å². The normalized spacial score (nSPS) is 10.4. The zero-order valence-electron chi connectivity index (χ0n) is 13.1. The predicted octanol–water partition coefficient (Wildman–Crippen LogP) is 2.64. The third kappa shape index (κ3) is 3.92. The van der Waals surface area contributed by atoms with Crippen molar-refractivity contribution >= 4 is 28.8 Å². The number of benzene rings is 1. The van der Waals surface area contributed by atoms with Gasteiger partial charge in [-0.1, -0.05) is 12.1 Å². The first-order valence-electron chi connectivity index (χ1n) is 6.91.